The highest BCUT2D eigenvalue weighted by atomic mass is 16.5. The van der Waals surface area contributed by atoms with E-state index in [0.29, 0.717) is 5.41 Å². The topological polar surface area (TPSA) is 21.3 Å². The number of hydrogen-bond donors (Lipinski definition) is 1. The Morgan fingerprint density at radius 3 is 2.42 bits per heavy atom. The van der Waals surface area contributed by atoms with Crippen LogP contribution in [0.1, 0.15) is 19.8 Å². The number of ether oxygens (including phenoxy) is 1. The number of piperidine rings is 1. The van der Waals surface area contributed by atoms with Crippen LogP contribution in [-0.2, 0) is 4.74 Å². The van der Waals surface area contributed by atoms with E-state index < -0.39 is 0 Å². The van der Waals surface area contributed by atoms with Crippen molar-refractivity contribution in [2.75, 3.05) is 26.8 Å². The molecule has 12 heavy (non-hydrogen) atoms. The zero-order valence-corrected chi connectivity index (χ0v) is 8.10. The van der Waals surface area contributed by atoms with Crippen LogP contribution in [0.15, 0.2) is 0 Å². The Kier molecular flexibility index (Phi) is 2.13. The van der Waals surface area contributed by atoms with Gasteiger partial charge in [-0.3, -0.25) is 0 Å². The summed E-state index contributed by atoms with van der Waals surface area (Å²) in [5, 5.41) is 3.50. The standard InChI is InChI=1S/C10H19NO/c1-10(7-12-2)8-3-4-9(10)6-11-5-8/h8-9,11H,3-7H2,1-2H3. The predicted molar refractivity (Wildman–Crippen MR) is 49.1 cm³/mol. The van der Waals surface area contributed by atoms with Gasteiger partial charge in [-0.25, -0.2) is 0 Å². The zero-order valence-electron chi connectivity index (χ0n) is 8.10. The van der Waals surface area contributed by atoms with Crippen LogP contribution in [0, 0.1) is 17.3 Å². The van der Waals surface area contributed by atoms with Crippen molar-refractivity contribution in [2.45, 2.75) is 19.8 Å². The minimum Gasteiger partial charge on any atom is -0.384 e. The van der Waals surface area contributed by atoms with Gasteiger partial charge in [0.1, 0.15) is 0 Å². The summed E-state index contributed by atoms with van der Waals surface area (Å²) in [5.74, 6) is 1.72. The molecule has 0 amide bonds. The monoisotopic (exact) mass is 169 g/mol. The normalized spacial score (nSPS) is 46.5. The van der Waals surface area contributed by atoms with Gasteiger partial charge < -0.3 is 10.1 Å². The van der Waals surface area contributed by atoms with Gasteiger partial charge in [0.2, 0.25) is 0 Å². The summed E-state index contributed by atoms with van der Waals surface area (Å²) in [6.07, 6.45) is 2.80. The smallest absolute Gasteiger partial charge is 0.0522 e. The van der Waals surface area contributed by atoms with Crippen molar-refractivity contribution in [3.05, 3.63) is 0 Å². The molecular formula is C10H19NO. The Hall–Kier alpha value is -0.0800. The van der Waals surface area contributed by atoms with Crippen LogP contribution in [0.4, 0.5) is 0 Å². The molecule has 0 spiro atoms. The van der Waals surface area contributed by atoms with Gasteiger partial charge in [-0.15, -0.1) is 0 Å². The van der Waals surface area contributed by atoms with Crippen LogP contribution < -0.4 is 5.32 Å². The first-order valence-corrected chi connectivity index (χ1v) is 4.97. The fourth-order valence-corrected chi connectivity index (χ4v) is 3.04. The van der Waals surface area contributed by atoms with Gasteiger partial charge in [0.25, 0.3) is 0 Å². The molecule has 1 saturated heterocycles. The molecule has 1 saturated carbocycles. The molecule has 2 bridgehead atoms. The second kappa shape index (κ2) is 3.00. The Morgan fingerprint density at radius 1 is 1.33 bits per heavy atom. The predicted octanol–water partition coefficient (Wildman–Crippen LogP) is 1.27. The maximum atomic E-state index is 5.34. The van der Waals surface area contributed by atoms with Crippen molar-refractivity contribution >= 4 is 0 Å². The molecule has 1 aliphatic heterocycles. The molecule has 2 rings (SSSR count). The van der Waals surface area contributed by atoms with Gasteiger partial charge >= 0.3 is 0 Å². The first kappa shape index (κ1) is 8.52. The quantitative estimate of drug-likeness (QED) is 0.672. The zero-order chi connectivity index (χ0) is 8.60. The highest BCUT2D eigenvalue weighted by Crippen LogP contribution is 2.49. The average Bonchev–Trinajstić information content (AvgIpc) is 2.26. The van der Waals surface area contributed by atoms with Crippen LogP contribution in [0.25, 0.3) is 0 Å². The summed E-state index contributed by atoms with van der Waals surface area (Å²) in [5.41, 5.74) is 0.472. The van der Waals surface area contributed by atoms with Crippen LogP contribution in [0.3, 0.4) is 0 Å². The molecule has 70 valence electrons. The maximum Gasteiger partial charge on any atom is 0.0522 e. The highest BCUT2D eigenvalue weighted by Gasteiger charge is 2.48. The van der Waals surface area contributed by atoms with Crippen molar-refractivity contribution in [3.63, 3.8) is 0 Å². The Morgan fingerprint density at radius 2 is 1.92 bits per heavy atom. The largest absolute Gasteiger partial charge is 0.384 e. The molecule has 2 heteroatoms. The molecule has 2 atom stereocenters. The summed E-state index contributed by atoms with van der Waals surface area (Å²) in [6.45, 7) is 5.76. The van der Waals surface area contributed by atoms with E-state index in [-0.39, 0.29) is 0 Å². The van der Waals surface area contributed by atoms with Gasteiger partial charge in [0, 0.05) is 7.11 Å². The minimum absolute atomic E-state index is 0.472. The fraction of sp³-hybridized carbons (Fsp3) is 1.00. The SMILES string of the molecule is COCC1(C)C2CCC1CNC2. The first-order chi connectivity index (χ1) is 5.77. The molecule has 1 N–H and O–H groups in total. The Bertz CT molecular complexity index is 153. The average molecular weight is 169 g/mol. The van der Waals surface area contributed by atoms with E-state index in [1.807, 2.05) is 7.11 Å². The number of hydrogen-bond acceptors (Lipinski definition) is 2. The summed E-state index contributed by atoms with van der Waals surface area (Å²) in [4.78, 5) is 0. The van der Waals surface area contributed by atoms with E-state index in [0.717, 1.165) is 18.4 Å². The van der Waals surface area contributed by atoms with Crippen LogP contribution in [0.2, 0.25) is 0 Å². The molecule has 2 fully saturated rings. The molecular weight excluding hydrogens is 150 g/mol. The molecule has 2 nitrogen and oxygen atoms in total. The molecule has 1 aliphatic carbocycles. The van der Waals surface area contributed by atoms with Crippen LogP contribution >= 0.6 is 0 Å². The van der Waals surface area contributed by atoms with E-state index in [2.05, 4.69) is 12.2 Å². The van der Waals surface area contributed by atoms with E-state index in [9.17, 15) is 0 Å². The third-order valence-corrected chi connectivity index (χ3v) is 3.97. The number of nitrogens with one attached hydrogen (secondary N) is 1. The van der Waals surface area contributed by atoms with Crippen LogP contribution in [0.5, 0.6) is 0 Å². The van der Waals surface area contributed by atoms with Crippen molar-refractivity contribution in [1.82, 2.24) is 5.32 Å². The molecule has 1 heterocycles. The summed E-state index contributed by atoms with van der Waals surface area (Å²) in [6, 6.07) is 0. The Balaban J connectivity index is 2.13. The number of fused-ring (bicyclic) bond motifs is 2. The number of rotatable bonds is 2. The summed E-state index contributed by atoms with van der Waals surface area (Å²) < 4.78 is 5.34. The number of methoxy groups -OCH3 is 1. The third-order valence-electron chi connectivity index (χ3n) is 3.97. The van der Waals surface area contributed by atoms with Gasteiger partial charge in [-0.1, -0.05) is 6.92 Å². The van der Waals surface area contributed by atoms with Crippen molar-refractivity contribution in [1.29, 1.82) is 0 Å². The van der Waals surface area contributed by atoms with Gasteiger partial charge in [0.05, 0.1) is 6.61 Å². The molecule has 0 aromatic rings. The lowest BCUT2D eigenvalue weighted by Crippen LogP contribution is -2.47. The minimum atomic E-state index is 0.472. The third kappa shape index (κ3) is 1.09. The Labute approximate surface area is 74.7 Å². The van der Waals surface area contributed by atoms with Gasteiger partial charge in [-0.2, -0.15) is 0 Å². The van der Waals surface area contributed by atoms with Crippen molar-refractivity contribution < 1.29 is 4.74 Å². The van der Waals surface area contributed by atoms with Crippen molar-refractivity contribution in [3.8, 4) is 0 Å². The fourth-order valence-electron chi connectivity index (χ4n) is 3.04. The first-order valence-electron chi connectivity index (χ1n) is 4.97. The van der Waals surface area contributed by atoms with E-state index in [1.165, 1.54) is 25.9 Å². The molecule has 0 radical (unpaired) electrons. The van der Waals surface area contributed by atoms with E-state index in [4.69, 9.17) is 4.74 Å². The molecule has 2 aliphatic rings. The summed E-state index contributed by atoms with van der Waals surface area (Å²) in [7, 11) is 1.83. The lowest BCUT2D eigenvalue weighted by atomic mass is 9.72. The second-order valence-electron chi connectivity index (χ2n) is 4.57. The lowest BCUT2D eigenvalue weighted by Gasteiger charge is -2.40. The van der Waals surface area contributed by atoms with Crippen molar-refractivity contribution in [2.24, 2.45) is 17.3 Å². The van der Waals surface area contributed by atoms with Crippen LogP contribution in [-0.4, -0.2) is 26.8 Å². The summed E-state index contributed by atoms with van der Waals surface area (Å²) >= 11 is 0. The molecule has 0 aromatic carbocycles. The molecule has 2 unspecified atom stereocenters. The van der Waals surface area contributed by atoms with Gasteiger partial charge in [0.15, 0.2) is 0 Å². The van der Waals surface area contributed by atoms with Gasteiger partial charge in [-0.05, 0) is 43.2 Å². The van der Waals surface area contributed by atoms with E-state index >= 15 is 0 Å². The lowest BCUT2D eigenvalue weighted by molar-refractivity contribution is 0.0141. The second-order valence-corrected chi connectivity index (χ2v) is 4.57. The highest BCUT2D eigenvalue weighted by molar-refractivity contribution is 4.99. The molecule has 0 aromatic heterocycles. The maximum absolute atomic E-state index is 5.34. The van der Waals surface area contributed by atoms with E-state index in [1.54, 1.807) is 0 Å².